The highest BCUT2D eigenvalue weighted by molar-refractivity contribution is 5.94. The number of phenols is 1. The average molecular weight is 293 g/mol. The first-order chi connectivity index (χ1) is 10.1. The number of hydrogen-bond donors (Lipinski definition) is 2. The first-order valence-electron chi connectivity index (χ1n) is 7.28. The smallest absolute Gasteiger partial charge is 0.342 e. The van der Waals surface area contributed by atoms with Crippen molar-refractivity contribution in [2.75, 3.05) is 13.2 Å². The van der Waals surface area contributed by atoms with Gasteiger partial charge in [0.2, 0.25) is 0 Å². The van der Waals surface area contributed by atoms with Crippen LogP contribution in [0.2, 0.25) is 0 Å². The molecule has 0 aliphatic heterocycles. The number of aromatic hydroxyl groups is 1. The molecule has 0 heterocycles. The molecule has 0 aliphatic carbocycles. The minimum Gasteiger partial charge on any atom is -0.507 e. The molecule has 116 valence electrons. The molecule has 21 heavy (non-hydrogen) atoms. The van der Waals surface area contributed by atoms with Crippen molar-refractivity contribution in [3.05, 3.63) is 29.3 Å². The van der Waals surface area contributed by atoms with E-state index >= 15 is 0 Å². The maximum absolute atomic E-state index is 11.8. The number of para-hydroxylation sites is 1. The summed E-state index contributed by atoms with van der Waals surface area (Å²) in [5.41, 5.74) is 0.663. The summed E-state index contributed by atoms with van der Waals surface area (Å²) in [5, 5.41) is 12.5. The van der Waals surface area contributed by atoms with Crippen LogP contribution in [0.5, 0.6) is 5.75 Å². The second kappa shape index (κ2) is 9.00. The van der Waals surface area contributed by atoms with Gasteiger partial charge in [0.1, 0.15) is 11.3 Å². The van der Waals surface area contributed by atoms with Crippen LogP contribution in [-0.4, -0.2) is 30.1 Å². The van der Waals surface area contributed by atoms with Crippen molar-refractivity contribution in [2.45, 2.75) is 39.5 Å². The van der Waals surface area contributed by atoms with E-state index < -0.39 is 5.97 Å². The van der Waals surface area contributed by atoms with Gasteiger partial charge in [0.05, 0.1) is 0 Å². The quantitative estimate of drug-likeness (QED) is 0.570. The Morgan fingerprint density at radius 3 is 2.71 bits per heavy atom. The molecule has 2 N–H and O–H groups in total. The number of unbranched alkanes of at least 4 members (excludes halogenated alkanes) is 3. The molecule has 0 spiro atoms. The predicted molar refractivity (Wildman–Crippen MR) is 80.3 cm³/mol. The number of phenolic OH excluding ortho intramolecular Hbond substituents is 1. The molecule has 0 saturated carbocycles. The zero-order chi connectivity index (χ0) is 15.7. The van der Waals surface area contributed by atoms with Crippen molar-refractivity contribution >= 4 is 11.9 Å². The molecule has 0 saturated heterocycles. The molecule has 0 unspecified atom stereocenters. The van der Waals surface area contributed by atoms with Gasteiger partial charge in [-0.3, -0.25) is 4.79 Å². The molecule has 5 nitrogen and oxygen atoms in total. The number of rotatable bonds is 8. The molecule has 0 fully saturated rings. The van der Waals surface area contributed by atoms with E-state index in [0.29, 0.717) is 12.1 Å². The van der Waals surface area contributed by atoms with Gasteiger partial charge in [0.25, 0.3) is 5.91 Å². The lowest BCUT2D eigenvalue weighted by Gasteiger charge is -2.08. The van der Waals surface area contributed by atoms with Gasteiger partial charge in [-0.15, -0.1) is 0 Å². The van der Waals surface area contributed by atoms with E-state index in [2.05, 4.69) is 12.2 Å². The number of hydrogen-bond acceptors (Lipinski definition) is 4. The van der Waals surface area contributed by atoms with E-state index in [1.165, 1.54) is 6.07 Å². The Balaban J connectivity index is 2.32. The van der Waals surface area contributed by atoms with Gasteiger partial charge in [0, 0.05) is 6.54 Å². The Labute approximate surface area is 125 Å². The van der Waals surface area contributed by atoms with Crippen molar-refractivity contribution < 1.29 is 19.4 Å². The van der Waals surface area contributed by atoms with Crippen molar-refractivity contribution in [2.24, 2.45) is 0 Å². The van der Waals surface area contributed by atoms with Gasteiger partial charge in [-0.05, 0) is 25.0 Å². The van der Waals surface area contributed by atoms with Gasteiger partial charge in [-0.2, -0.15) is 0 Å². The maximum atomic E-state index is 11.8. The molecular weight excluding hydrogens is 270 g/mol. The molecule has 1 rings (SSSR count). The Morgan fingerprint density at radius 1 is 1.24 bits per heavy atom. The molecule has 0 aromatic heterocycles. The van der Waals surface area contributed by atoms with E-state index in [-0.39, 0.29) is 23.8 Å². The van der Waals surface area contributed by atoms with E-state index in [1.54, 1.807) is 19.1 Å². The summed E-state index contributed by atoms with van der Waals surface area (Å²) in [6, 6.07) is 4.81. The fourth-order valence-electron chi connectivity index (χ4n) is 1.86. The molecule has 1 aromatic carbocycles. The number of aryl methyl sites for hydroxylation is 1. The molecular formula is C16H23NO4. The normalized spacial score (nSPS) is 10.2. The van der Waals surface area contributed by atoms with Crippen LogP contribution in [0.15, 0.2) is 18.2 Å². The van der Waals surface area contributed by atoms with E-state index in [1.807, 2.05) is 0 Å². The number of ether oxygens (including phenoxy) is 1. The van der Waals surface area contributed by atoms with Crippen LogP contribution >= 0.6 is 0 Å². The Kier molecular flexibility index (Phi) is 7.29. The van der Waals surface area contributed by atoms with Crippen molar-refractivity contribution in [1.82, 2.24) is 5.32 Å². The second-order valence-electron chi connectivity index (χ2n) is 4.96. The van der Waals surface area contributed by atoms with Gasteiger partial charge < -0.3 is 15.2 Å². The fraction of sp³-hybridized carbons (Fsp3) is 0.500. The number of amides is 1. The lowest BCUT2D eigenvalue weighted by molar-refractivity contribution is -0.124. The summed E-state index contributed by atoms with van der Waals surface area (Å²) in [5.74, 6) is -1.13. The molecule has 1 amide bonds. The minimum absolute atomic E-state index is 0.0748. The van der Waals surface area contributed by atoms with Crippen molar-refractivity contribution in [3.8, 4) is 5.75 Å². The SMILES string of the molecule is CCCCCCNC(=O)COC(=O)c1cccc(C)c1O. The summed E-state index contributed by atoms with van der Waals surface area (Å²) in [6.07, 6.45) is 4.29. The molecule has 0 atom stereocenters. The highest BCUT2D eigenvalue weighted by Crippen LogP contribution is 2.21. The fourth-order valence-corrected chi connectivity index (χ4v) is 1.86. The number of carbonyl (C=O) groups is 2. The first kappa shape index (κ1) is 17.0. The molecule has 0 bridgehead atoms. The maximum Gasteiger partial charge on any atom is 0.342 e. The van der Waals surface area contributed by atoms with E-state index in [9.17, 15) is 14.7 Å². The Bertz CT molecular complexity index is 485. The van der Waals surface area contributed by atoms with Crippen LogP contribution in [0.3, 0.4) is 0 Å². The van der Waals surface area contributed by atoms with E-state index in [0.717, 1.165) is 25.7 Å². The summed E-state index contributed by atoms with van der Waals surface area (Å²) in [4.78, 5) is 23.3. The highest BCUT2D eigenvalue weighted by atomic mass is 16.5. The topological polar surface area (TPSA) is 75.6 Å². The summed E-state index contributed by atoms with van der Waals surface area (Å²) in [7, 11) is 0. The van der Waals surface area contributed by atoms with Crippen molar-refractivity contribution in [3.63, 3.8) is 0 Å². The monoisotopic (exact) mass is 293 g/mol. The van der Waals surface area contributed by atoms with Crippen LogP contribution in [-0.2, 0) is 9.53 Å². The van der Waals surface area contributed by atoms with Crippen LogP contribution in [0.25, 0.3) is 0 Å². The minimum atomic E-state index is -0.697. The van der Waals surface area contributed by atoms with Crippen LogP contribution < -0.4 is 5.32 Å². The zero-order valence-corrected chi connectivity index (χ0v) is 12.6. The van der Waals surface area contributed by atoms with Crippen LogP contribution in [0.1, 0.15) is 48.5 Å². The Hall–Kier alpha value is -2.04. The number of nitrogens with one attached hydrogen (secondary N) is 1. The third-order valence-corrected chi connectivity index (χ3v) is 3.14. The number of carbonyl (C=O) groups excluding carboxylic acids is 2. The predicted octanol–water partition coefficient (Wildman–Crippen LogP) is 2.55. The standard InChI is InChI=1S/C16H23NO4/c1-3-4-5-6-10-17-14(18)11-21-16(20)13-9-7-8-12(2)15(13)19/h7-9,19H,3-6,10-11H2,1-2H3,(H,17,18). The summed E-state index contributed by atoms with van der Waals surface area (Å²) >= 11 is 0. The van der Waals surface area contributed by atoms with Crippen molar-refractivity contribution in [1.29, 1.82) is 0 Å². The zero-order valence-electron chi connectivity index (χ0n) is 12.6. The Morgan fingerprint density at radius 2 is 2.00 bits per heavy atom. The molecule has 0 radical (unpaired) electrons. The molecule has 1 aromatic rings. The summed E-state index contributed by atoms with van der Waals surface area (Å²) < 4.78 is 4.89. The number of benzene rings is 1. The van der Waals surface area contributed by atoms with Gasteiger partial charge in [-0.25, -0.2) is 4.79 Å². The lowest BCUT2D eigenvalue weighted by atomic mass is 10.1. The summed E-state index contributed by atoms with van der Waals surface area (Å²) in [6.45, 7) is 4.07. The van der Waals surface area contributed by atoms with Crippen LogP contribution in [0, 0.1) is 6.92 Å². The highest BCUT2D eigenvalue weighted by Gasteiger charge is 2.15. The van der Waals surface area contributed by atoms with Crippen LogP contribution in [0.4, 0.5) is 0 Å². The molecule has 0 aliphatic rings. The average Bonchev–Trinajstić information content (AvgIpc) is 2.47. The second-order valence-corrected chi connectivity index (χ2v) is 4.96. The van der Waals surface area contributed by atoms with Gasteiger partial charge in [-0.1, -0.05) is 38.3 Å². The van der Waals surface area contributed by atoms with Gasteiger partial charge in [0.15, 0.2) is 6.61 Å². The largest absolute Gasteiger partial charge is 0.507 e. The lowest BCUT2D eigenvalue weighted by Crippen LogP contribution is -2.29. The molecule has 5 heteroatoms. The first-order valence-corrected chi connectivity index (χ1v) is 7.28. The van der Waals surface area contributed by atoms with E-state index in [4.69, 9.17) is 4.74 Å². The third-order valence-electron chi connectivity index (χ3n) is 3.14. The number of esters is 1. The third kappa shape index (κ3) is 5.85. The van der Waals surface area contributed by atoms with Gasteiger partial charge >= 0.3 is 5.97 Å².